The van der Waals surface area contributed by atoms with E-state index in [1.54, 1.807) is 0 Å². The second kappa shape index (κ2) is 15.9. The van der Waals surface area contributed by atoms with Gasteiger partial charge in [-0.3, -0.25) is 14.4 Å². The molecule has 0 saturated carbocycles. The Balaban J connectivity index is 1.40. The van der Waals surface area contributed by atoms with Crippen molar-refractivity contribution in [2.24, 2.45) is 5.73 Å². The van der Waals surface area contributed by atoms with Crippen LogP contribution in [0.1, 0.15) is 30.4 Å². The number of hydrogen-bond donors (Lipinski definition) is 4. The standard InChI is InChI=1S/C32H38N4O6S/c33-29(38)26(19-23-13-14-24-10-4-5-11-25(24)18-23)34-30(39)28-12-6-7-16-36(28)31(40)27(20-43-21-37)35-32(41)42-17-15-22-8-2-1-3-9-22/h1-5,8-11,13-14,18,26-28,37H,6-7,12,15-17,19-21H2,(H2,33,38)(H,34,39)(H,35,41)/t26-,27-,28-/m0/s1. The van der Waals surface area contributed by atoms with Crippen LogP contribution in [0.5, 0.6) is 0 Å². The van der Waals surface area contributed by atoms with Gasteiger partial charge in [0.1, 0.15) is 18.1 Å². The van der Waals surface area contributed by atoms with E-state index in [1.165, 1.54) is 4.90 Å². The highest BCUT2D eigenvalue weighted by Gasteiger charge is 2.37. The molecule has 3 aromatic carbocycles. The first-order valence-corrected chi connectivity index (χ1v) is 15.5. The van der Waals surface area contributed by atoms with Gasteiger partial charge in [-0.05, 0) is 41.2 Å². The number of hydrogen-bond acceptors (Lipinski definition) is 7. The molecule has 0 radical (unpaired) electrons. The van der Waals surface area contributed by atoms with Crippen LogP contribution in [0.25, 0.3) is 10.8 Å². The van der Waals surface area contributed by atoms with Gasteiger partial charge in [-0.25, -0.2) is 4.79 Å². The fourth-order valence-electron chi connectivity index (χ4n) is 5.20. The molecule has 0 aliphatic carbocycles. The number of nitrogens with two attached hydrogens (primary N) is 1. The van der Waals surface area contributed by atoms with Gasteiger partial charge in [0.25, 0.3) is 0 Å². The number of alkyl carbamates (subject to hydrolysis) is 1. The number of fused-ring (bicyclic) bond motifs is 1. The number of benzene rings is 3. The number of nitrogens with zero attached hydrogens (tertiary/aromatic N) is 1. The largest absolute Gasteiger partial charge is 0.449 e. The smallest absolute Gasteiger partial charge is 0.407 e. The van der Waals surface area contributed by atoms with Crippen LogP contribution in [-0.2, 0) is 32.0 Å². The van der Waals surface area contributed by atoms with Crippen LogP contribution in [0.2, 0.25) is 0 Å². The summed E-state index contributed by atoms with van der Waals surface area (Å²) in [7, 11) is 0. The molecule has 228 valence electrons. The quantitative estimate of drug-likeness (QED) is 0.219. The van der Waals surface area contributed by atoms with E-state index in [1.807, 2.05) is 72.8 Å². The first-order chi connectivity index (χ1) is 20.9. The van der Waals surface area contributed by atoms with Crippen molar-refractivity contribution in [3.63, 3.8) is 0 Å². The summed E-state index contributed by atoms with van der Waals surface area (Å²) in [6.45, 7) is 0.443. The minimum atomic E-state index is -1.01. The highest BCUT2D eigenvalue weighted by Crippen LogP contribution is 2.21. The second-order valence-corrected chi connectivity index (χ2v) is 11.5. The molecule has 1 aliphatic rings. The lowest BCUT2D eigenvalue weighted by atomic mass is 9.98. The van der Waals surface area contributed by atoms with Gasteiger partial charge in [0.15, 0.2) is 0 Å². The highest BCUT2D eigenvalue weighted by atomic mass is 32.2. The van der Waals surface area contributed by atoms with Crippen LogP contribution in [0.15, 0.2) is 72.8 Å². The van der Waals surface area contributed by atoms with Gasteiger partial charge >= 0.3 is 6.09 Å². The van der Waals surface area contributed by atoms with Gasteiger partial charge < -0.3 is 31.1 Å². The molecule has 5 N–H and O–H groups in total. The maximum Gasteiger partial charge on any atom is 0.407 e. The number of aliphatic hydroxyl groups is 1. The van der Waals surface area contributed by atoms with Crippen LogP contribution in [-0.4, -0.2) is 76.8 Å². The zero-order valence-corrected chi connectivity index (χ0v) is 24.8. The van der Waals surface area contributed by atoms with E-state index < -0.39 is 41.9 Å². The topological polar surface area (TPSA) is 151 Å². The lowest BCUT2D eigenvalue weighted by Gasteiger charge is -2.37. The van der Waals surface area contributed by atoms with E-state index in [0.29, 0.717) is 25.8 Å². The molecule has 0 bridgehead atoms. The second-order valence-electron chi connectivity index (χ2n) is 10.5. The van der Waals surface area contributed by atoms with Gasteiger partial charge in [0, 0.05) is 25.1 Å². The Labute approximate surface area is 255 Å². The normalized spacial score (nSPS) is 16.2. The average molecular weight is 607 g/mol. The fraction of sp³-hybridized carbons (Fsp3) is 0.375. The summed E-state index contributed by atoms with van der Waals surface area (Å²) >= 11 is 1.07. The van der Waals surface area contributed by atoms with E-state index in [2.05, 4.69) is 10.6 Å². The minimum absolute atomic E-state index is 0.0971. The molecule has 1 saturated heterocycles. The molecule has 4 amide bonds. The number of primary amides is 1. The van der Waals surface area contributed by atoms with Crippen molar-refractivity contribution in [2.45, 2.75) is 50.2 Å². The molecule has 43 heavy (non-hydrogen) atoms. The Morgan fingerprint density at radius 1 is 0.930 bits per heavy atom. The Bertz CT molecular complexity index is 1400. The number of ether oxygens (including phenoxy) is 1. The number of carbonyl (C=O) groups excluding carboxylic acids is 4. The molecule has 1 aliphatic heterocycles. The SMILES string of the molecule is NC(=O)[C@H](Cc1ccc2ccccc2c1)NC(=O)[C@@H]1CCCCN1C(=O)[C@H](CSCO)NC(=O)OCCc1ccccc1. The Morgan fingerprint density at radius 2 is 1.67 bits per heavy atom. The first-order valence-electron chi connectivity index (χ1n) is 14.4. The summed E-state index contributed by atoms with van der Waals surface area (Å²) in [6, 6.07) is 20.4. The van der Waals surface area contributed by atoms with E-state index >= 15 is 0 Å². The van der Waals surface area contributed by atoms with Gasteiger partial charge in [-0.2, -0.15) is 0 Å². The van der Waals surface area contributed by atoms with Crippen molar-refractivity contribution in [3.8, 4) is 0 Å². The third-order valence-electron chi connectivity index (χ3n) is 7.43. The van der Waals surface area contributed by atoms with Crippen molar-refractivity contribution < 1.29 is 29.0 Å². The number of thioether (sulfide) groups is 1. The van der Waals surface area contributed by atoms with Gasteiger partial charge in [-0.1, -0.05) is 72.8 Å². The number of aliphatic hydroxyl groups excluding tert-OH is 1. The average Bonchev–Trinajstić information content (AvgIpc) is 3.02. The third-order valence-corrected chi connectivity index (χ3v) is 8.19. The van der Waals surface area contributed by atoms with Crippen molar-refractivity contribution >= 4 is 46.3 Å². The summed E-state index contributed by atoms with van der Waals surface area (Å²) in [5.74, 6) is -1.75. The molecule has 0 unspecified atom stereocenters. The molecule has 11 heteroatoms. The number of nitrogens with one attached hydrogen (secondary N) is 2. The molecule has 0 aromatic heterocycles. The number of piperidine rings is 1. The molecular formula is C32H38N4O6S. The number of amides is 4. The summed E-state index contributed by atoms with van der Waals surface area (Å²) < 4.78 is 5.31. The van der Waals surface area contributed by atoms with E-state index in [0.717, 1.165) is 40.1 Å². The number of carbonyl (C=O) groups is 4. The summed E-state index contributed by atoms with van der Waals surface area (Å²) in [5.41, 5.74) is 7.54. The van der Waals surface area contributed by atoms with Crippen molar-refractivity contribution in [1.29, 1.82) is 0 Å². The lowest BCUT2D eigenvalue weighted by molar-refractivity contribution is -0.144. The van der Waals surface area contributed by atoms with Gasteiger partial charge in [-0.15, -0.1) is 11.8 Å². The molecule has 1 fully saturated rings. The predicted octanol–water partition coefficient (Wildman–Crippen LogP) is 2.75. The van der Waals surface area contributed by atoms with Crippen LogP contribution < -0.4 is 16.4 Å². The molecule has 3 atom stereocenters. The Kier molecular flexibility index (Phi) is 11.8. The number of rotatable bonds is 13. The van der Waals surface area contributed by atoms with Gasteiger partial charge in [0.2, 0.25) is 17.7 Å². The van der Waals surface area contributed by atoms with Crippen LogP contribution in [0.4, 0.5) is 4.79 Å². The van der Waals surface area contributed by atoms with E-state index in [9.17, 15) is 24.3 Å². The summed E-state index contributed by atoms with van der Waals surface area (Å²) in [5, 5.41) is 16.8. The molecule has 4 rings (SSSR count). The monoisotopic (exact) mass is 606 g/mol. The van der Waals surface area contributed by atoms with Crippen LogP contribution >= 0.6 is 11.8 Å². The molecule has 1 heterocycles. The zero-order chi connectivity index (χ0) is 30.6. The van der Waals surface area contributed by atoms with Crippen LogP contribution in [0, 0.1) is 0 Å². The van der Waals surface area contributed by atoms with Crippen molar-refractivity contribution in [3.05, 3.63) is 83.9 Å². The van der Waals surface area contributed by atoms with Crippen molar-refractivity contribution in [1.82, 2.24) is 15.5 Å². The zero-order valence-electron chi connectivity index (χ0n) is 23.9. The lowest BCUT2D eigenvalue weighted by Crippen LogP contribution is -2.60. The third kappa shape index (κ3) is 9.20. The summed E-state index contributed by atoms with van der Waals surface area (Å²) in [4.78, 5) is 53.6. The van der Waals surface area contributed by atoms with E-state index in [-0.39, 0.29) is 24.7 Å². The molecule has 10 nitrogen and oxygen atoms in total. The Hall–Kier alpha value is -4.09. The maximum atomic E-state index is 13.7. The minimum Gasteiger partial charge on any atom is -0.449 e. The first kappa shape index (κ1) is 31.8. The molecule has 0 spiro atoms. The van der Waals surface area contributed by atoms with Gasteiger partial charge in [0.05, 0.1) is 12.5 Å². The predicted molar refractivity (Wildman–Crippen MR) is 166 cm³/mol. The van der Waals surface area contributed by atoms with Crippen molar-refractivity contribution in [2.75, 3.05) is 24.8 Å². The Morgan fingerprint density at radius 3 is 2.42 bits per heavy atom. The molecular weight excluding hydrogens is 568 g/mol. The van der Waals surface area contributed by atoms with E-state index in [4.69, 9.17) is 10.5 Å². The van der Waals surface area contributed by atoms with Crippen LogP contribution in [0.3, 0.4) is 0 Å². The number of likely N-dealkylation sites (tertiary alicyclic amines) is 1. The fourth-order valence-corrected chi connectivity index (χ4v) is 5.76. The molecule has 3 aromatic rings. The summed E-state index contributed by atoms with van der Waals surface area (Å²) in [6.07, 6.45) is 1.79. The maximum absolute atomic E-state index is 13.7. The highest BCUT2D eigenvalue weighted by molar-refractivity contribution is 7.99.